The van der Waals surface area contributed by atoms with Crippen LogP contribution in [-0.4, -0.2) is 18.6 Å². The normalized spacial score (nSPS) is 12.0. The largest absolute Gasteiger partial charge is 0.466 e. The van der Waals surface area contributed by atoms with Crippen LogP contribution in [0.4, 0.5) is 14.5 Å². The molecule has 0 radical (unpaired) electrons. The number of carbonyl (C=O) groups is 1. The van der Waals surface area contributed by atoms with Crippen molar-refractivity contribution in [3.63, 3.8) is 0 Å². The quantitative estimate of drug-likeness (QED) is 0.808. The van der Waals surface area contributed by atoms with Gasteiger partial charge in [0.2, 0.25) is 0 Å². The van der Waals surface area contributed by atoms with Gasteiger partial charge in [-0.25, -0.2) is 8.78 Å². The van der Waals surface area contributed by atoms with Crippen molar-refractivity contribution in [1.82, 2.24) is 0 Å². The summed E-state index contributed by atoms with van der Waals surface area (Å²) in [6, 6.07) is 3.30. The van der Waals surface area contributed by atoms with Gasteiger partial charge in [0.25, 0.3) is 0 Å². The number of hydrogen-bond donors (Lipinski definition) is 1. The molecule has 0 aliphatic rings. The van der Waals surface area contributed by atoms with Crippen molar-refractivity contribution in [2.45, 2.75) is 26.3 Å². The SMILES string of the molecule is CCOC(=O)CC(C)Nc1ccc(F)c(F)c1. The molecule has 0 bridgehead atoms. The third kappa shape index (κ3) is 4.38. The second-order valence-corrected chi connectivity index (χ2v) is 3.68. The Morgan fingerprint density at radius 3 is 2.71 bits per heavy atom. The summed E-state index contributed by atoms with van der Waals surface area (Å²) < 4.78 is 30.4. The average molecular weight is 243 g/mol. The van der Waals surface area contributed by atoms with Crippen molar-refractivity contribution >= 4 is 11.7 Å². The fourth-order valence-electron chi connectivity index (χ4n) is 1.39. The maximum atomic E-state index is 12.9. The van der Waals surface area contributed by atoms with Gasteiger partial charge in [0, 0.05) is 17.8 Å². The molecule has 0 spiro atoms. The van der Waals surface area contributed by atoms with E-state index >= 15 is 0 Å². The first-order valence-corrected chi connectivity index (χ1v) is 5.40. The molecule has 0 aromatic heterocycles. The van der Waals surface area contributed by atoms with Gasteiger partial charge in [-0.15, -0.1) is 0 Å². The van der Waals surface area contributed by atoms with Gasteiger partial charge in [-0.1, -0.05) is 0 Å². The fraction of sp³-hybridized carbons (Fsp3) is 0.417. The minimum absolute atomic E-state index is 0.173. The van der Waals surface area contributed by atoms with E-state index in [1.807, 2.05) is 0 Å². The number of nitrogens with one attached hydrogen (secondary N) is 1. The number of anilines is 1. The van der Waals surface area contributed by atoms with Gasteiger partial charge in [0.1, 0.15) is 0 Å². The third-order valence-corrected chi connectivity index (χ3v) is 2.11. The molecule has 0 saturated heterocycles. The number of benzene rings is 1. The number of ether oxygens (including phenoxy) is 1. The molecule has 0 fully saturated rings. The van der Waals surface area contributed by atoms with E-state index in [9.17, 15) is 13.6 Å². The van der Waals surface area contributed by atoms with Crippen LogP contribution in [0.15, 0.2) is 18.2 Å². The van der Waals surface area contributed by atoms with Crippen LogP contribution in [0, 0.1) is 11.6 Å². The predicted molar refractivity (Wildman–Crippen MR) is 60.7 cm³/mol. The van der Waals surface area contributed by atoms with Crippen molar-refractivity contribution in [3.8, 4) is 0 Å². The first-order chi connectivity index (χ1) is 8.02. The fourth-order valence-corrected chi connectivity index (χ4v) is 1.39. The predicted octanol–water partition coefficient (Wildman–Crippen LogP) is 2.72. The summed E-state index contributed by atoms with van der Waals surface area (Å²) in [7, 11) is 0. The molecule has 0 aliphatic carbocycles. The maximum absolute atomic E-state index is 12.9. The highest BCUT2D eigenvalue weighted by Gasteiger charge is 2.10. The molecular formula is C12H15F2NO2. The minimum Gasteiger partial charge on any atom is -0.466 e. The van der Waals surface area contributed by atoms with E-state index in [-0.39, 0.29) is 18.4 Å². The summed E-state index contributed by atoms with van der Waals surface area (Å²) in [6.07, 6.45) is 0.173. The molecule has 1 aromatic carbocycles. The highest BCUT2D eigenvalue weighted by Crippen LogP contribution is 2.14. The molecule has 3 nitrogen and oxygen atoms in total. The molecule has 17 heavy (non-hydrogen) atoms. The van der Waals surface area contributed by atoms with Crippen molar-refractivity contribution in [3.05, 3.63) is 29.8 Å². The van der Waals surface area contributed by atoms with Crippen LogP contribution in [0.3, 0.4) is 0 Å². The van der Waals surface area contributed by atoms with Gasteiger partial charge in [-0.2, -0.15) is 0 Å². The Balaban J connectivity index is 2.53. The molecule has 1 rings (SSSR count). The zero-order chi connectivity index (χ0) is 12.8. The van der Waals surface area contributed by atoms with E-state index in [1.54, 1.807) is 13.8 Å². The summed E-state index contributed by atoms with van der Waals surface area (Å²) in [4.78, 5) is 11.2. The Bertz CT molecular complexity index is 396. The zero-order valence-corrected chi connectivity index (χ0v) is 9.80. The molecule has 1 N–H and O–H groups in total. The number of rotatable bonds is 5. The van der Waals surface area contributed by atoms with Crippen LogP contribution in [0.5, 0.6) is 0 Å². The molecule has 0 heterocycles. The van der Waals surface area contributed by atoms with E-state index in [4.69, 9.17) is 4.74 Å². The van der Waals surface area contributed by atoms with E-state index < -0.39 is 11.6 Å². The number of hydrogen-bond acceptors (Lipinski definition) is 3. The third-order valence-electron chi connectivity index (χ3n) is 2.11. The molecule has 1 atom stereocenters. The molecule has 0 aliphatic heterocycles. The van der Waals surface area contributed by atoms with Crippen LogP contribution in [0.1, 0.15) is 20.3 Å². The average Bonchev–Trinajstić information content (AvgIpc) is 2.23. The summed E-state index contributed by atoms with van der Waals surface area (Å²) in [5, 5.41) is 2.89. The van der Waals surface area contributed by atoms with E-state index in [0.717, 1.165) is 12.1 Å². The van der Waals surface area contributed by atoms with Crippen molar-refractivity contribution in [2.75, 3.05) is 11.9 Å². The topological polar surface area (TPSA) is 38.3 Å². The van der Waals surface area contributed by atoms with Crippen LogP contribution in [0.25, 0.3) is 0 Å². The van der Waals surface area contributed by atoms with Gasteiger partial charge in [0.15, 0.2) is 11.6 Å². The lowest BCUT2D eigenvalue weighted by Crippen LogP contribution is -2.21. The van der Waals surface area contributed by atoms with Gasteiger partial charge in [0.05, 0.1) is 13.0 Å². The lowest BCUT2D eigenvalue weighted by molar-refractivity contribution is -0.143. The Morgan fingerprint density at radius 1 is 1.41 bits per heavy atom. The van der Waals surface area contributed by atoms with Crippen LogP contribution in [-0.2, 0) is 9.53 Å². The summed E-state index contributed by atoms with van der Waals surface area (Å²) in [5.74, 6) is -2.14. The number of halogens is 2. The second kappa shape index (κ2) is 6.18. The van der Waals surface area contributed by atoms with E-state index in [0.29, 0.717) is 12.3 Å². The highest BCUT2D eigenvalue weighted by molar-refractivity contribution is 5.70. The first-order valence-electron chi connectivity index (χ1n) is 5.40. The zero-order valence-electron chi connectivity index (χ0n) is 9.80. The Morgan fingerprint density at radius 2 is 2.12 bits per heavy atom. The lowest BCUT2D eigenvalue weighted by Gasteiger charge is -2.14. The first kappa shape index (κ1) is 13.4. The monoisotopic (exact) mass is 243 g/mol. The Kier molecular flexibility index (Phi) is 4.87. The molecule has 1 unspecified atom stereocenters. The summed E-state index contributed by atoms with van der Waals surface area (Å²) >= 11 is 0. The minimum atomic E-state index is -0.918. The van der Waals surface area contributed by atoms with Gasteiger partial charge in [-0.05, 0) is 26.0 Å². The summed E-state index contributed by atoms with van der Waals surface area (Å²) in [5.41, 5.74) is 0.431. The molecule has 0 saturated carbocycles. The van der Waals surface area contributed by atoms with Gasteiger partial charge < -0.3 is 10.1 Å². The number of esters is 1. The van der Waals surface area contributed by atoms with Crippen LogP contribution < -0.4 is 5.32 Å². The van der Waals surface area contributed by atoms with Gasteiger partial charge in [-0.3, -0.25) is 4.79 Å². The van der Waals surface area contributed by atoms with E-state index in [2.05, 4.69) is 5.32 Å². The summed E-state index contributed by atoms with van der Waals surface area (Å²) in [6.45, 7) is 3.82. The molecule has 1 aromatic rings. The Labute approximate surface area is 98.8 Å². The Hall–Kier alpha value is -1.65. The maximum Gasteiger partial charge on any atom is 0.307 e. The van der Waals surface area contributed by atoms with Crippen molar-refractivity contribution in [2.24, 2.45) is 0 Å². The highest BCUT2D eigenvalue weighted by atomic mass is 19.2. The molecule has 0 amide bonds. The molecular weight excluding hydrogens is 228 g/mol. The van der Waals surface area contributed by atoms with Gasteiger partial charge >= 0.3 is 5.97 Å². The second-order valence-electron chi connectivity index (χ2n) is 3.68. The van der Waals surface area contributed by atoms with Crippen molar-refractivity contribution in [1.29, 1.82) is 0 Å². The van der Waals surface area contributed by atoms with Crippen LogP contribution >= 0.6 is 0 Å². The van der Waals surface area contributed by atoms with Crippen molar-refractivity contribution < 1.29 is 18.3 Å². The smallest absolute Gasteiger partial charge is 0.307 e. The molecule has 94 valence electrons. The lowest BCUT2D eigenvalue weighted by atomic mass is 10.2. The van der Waals surface area contributed by atoms with E-state index in [1.165, 1.54) is 6.07 Å². The standard InChI is InChI=1S/C12H15F2NO2/c1-3-17-12(16)6-8(2)15-9-4-5-10(13)11(14)7-9/h4-5,7-8,15H,3,6H2,1-2H3. The molecule has 5 heteroatoms. The number of carbonyl (C=O) groups excluding carboxylic acids is 1. The van der Waals surface area contributed by atoms with Crippen LogP contribution in [0.2, 0.25) is 0 Å².